The van der Waals surface area contributed by atoms with E-state index in [1.807, 2.05) is 0 Å². The molecule has 3 aromatic rings. The third kappa shape index (κ3) is 6.39. The lowest BCUT2D eigenvalue weighted by Gasteiger charge is -2.11. The van der Waals surface area contributed by atoms with E-state index in [1.165, 1.54) is 24.5 Å². The molecule has 4 N–H and O–H groups in total. The maximum Gasteiger partial charge on any atom is 0.315 e. The molecule has 0 saturated carbocycles. The van der Waals surface area contributed by atoms with E-state index in [2.05, 4.69) is 31.1 Å². The number of anilines is 5. The van der Waals surface area contributed by atoms with Gasteiger partial charge in [0.2, 0.25) is 11.9 Å². The first-order valence-electron chi connectivity index (χ1n) is 8.51. The maximum absolute atomic E-state index is 13.9. The highest BCUT2D eigenvalue weighted by Gasteiger charge is 2.13. The number of hydrogen-bond acceptors (Lipinski definition) is 10. The zero-order valence-corrected chi connectivity index (χ0v) is 17.8. The fourth-order valence-corrected chi connectivity index (χ4v) is 3.10. The largest absolute Gasteiger partial charge is 0.324 e. The van der Waals surface area contributed by atoms with Crippen molar-refractivity contribution in [3.05, 3.63) is 54.1 Å². The van der Waals surface area contributed by atoms with E-state index >= 15 is 0 Å². The lowest BCUT2D eigenvalue weighted by Crippen LogP contribution is -2.08. The number of benzene rings is 2. The van der Waals surface area contributed by atoms with Gasteiger partial charge in [-0.3, -0.25) is 10.0 Å². The molecule has 0 fully saturated rings. The van der Waals surface area contributed by atoms with Gasteiger partial charge in [-0.25, -0.2) is 4.21 Å². The Labute approximate surface area is 179 Å². The van der Waals surface area contributed by atoms with Crippen LogP contribution in [0, 0.1) is 13.0 Å². The molecule has 0 radical (unpaired) electrons. The molecule has 164 valence electrons. The number of aromatic nitrogens is 3. The van der Waals surface area contributed by atoms with Crippen LogP contribution in [-0.2, 0) is 25.5 Å². The summed E-state index contributed by atoms with van der Waals surface area (Å²) < 4.78 is 61.7. The van der Waals surface area contributed by atoms with Crippen LogP contribution in [0.5, 0.6) is 0 Å². The number of hydrogen-bond donors (Lipinski definition) is 4. The quantitative estimate of drug-likeness (QED) is 0.285. The smallest absolute Gasteiger partial charge is 0.315 e. The number of nitrogens with one attached hydrogen (secondary N) is 3. The normalized spacial score (nSPS) is 12.3. The van der Waals surface area contributed by atoms with E-state index in [1.54, 1.807) is 31.2 Å². The minimum Gasteiger partial charge on any atom is -0.324 e. The molecule has 1 unspecified atom stereocenters. The first kappa shape index (κ1) is 22.5. The van der Waals surface area contributed by atoms with Gasteiger partial charge in [0.05, 0.1) is 10.6 Å². The minimum atomic E-state index is -4.42. The van der Waals surface area contributed by atoms with Crippen molar-refractivity contribution in [3.63, 3.8) is 0 Å². The van der Waals surface area contributed by atoms with Gasteiger partial charge in [0, 0.05) is 17.6 Å². The minimum absolute atomic E-state index is 0.129. The van der Waals surface area contributed by atoms with E-state index in [0.29, 0.717) is 16.9 Å². The van der Waals surface area contributed by atoms with Crippen molar-refractivity contribution in [2.45, 2.75) is 11.8 Å². The first-order chi connectivity index (χ1) is 14.6. The van der Waals surface area contributed by atoms with Crippen molar-refractivity contribution in [2.75, 3.05) is 22.4 Å². The number of aryl methyl sites for hydroxylation is 1. The van der Waals surface area contributed by atoms with Gasteiger partial charge in [-0.15, -0.1) is 0 Å². The zero-order valence-electron chi connectivity index (χ0n) is 16.2. The Bertz CT molecular complexity index is 1240. The van der Waals surface area contributed by atoms with E-state index in [4.69, 9.17) is 4.28 Å². The van der Waals surface area contributed by atoms with Crippen molar-refractivity contribution in [2.24, 2.45) is 0 Å². The van der Waals surface area contributed by atoms with Crippen LogP contribution < -0.4 is 16.1 Å². The predicted molar refractivity (Wildman–Crippen MR) is 113 cm³/mol. The summed E-state index contributed by atoms with van der Waals surface area (Å²) in [5, 5.41) is 5.51. The third-order valence-electron chi connectivity index (χ3n) is 3.76. The lowest BCUT2D eigenvalue weighted by molar-refractivity contribution is 0.440. The molecule has 0 aliphatic rings. The summed E-state index contributed by atoms with van der Waals surface area (Å²) >= 11 is -1.52. The average molecular weight is 468 g/mol. The van der Waals surface area contributed by atoms with Crippen LogP contribution in [0.4, 0.5) is 33.3 Å². The van der Waals surface area contributed by atoms with Crippen molar-refractivity contribution in [1.29, 1.82) is 0 Å². The molecule has 1 heterocycles. The van der Waals surface area contributed by atoms with Gasteiger partial charge >= 0.3 is 6.08 Å². The fourth-order valence-electron chi connectivity index (χ4n) is 2.37. The molecule has 0 aliphatic carbocycles. The summed E-state index contributed by atoms with van der Waals surface area (Å²) in [5.41, 5.74) is 4.31. The highest BCUT2D eigenvalue weighted by molar-refractivity contribution is 7.85. The van der Waals surface area contributed by atoms with Gasteiger partial charge in [0.25, 0.3) is 10.1 Å². The molecule has 3 rings (SSSR count). The number of halogens is 1. The van der Waals surface area contributed by atoms with Crippen LogP contribution in [0.15, 0.2) is 47.4 Å². The Morgan fingerprint density at radius 1 is 1.03 bits per heavy atom. The van der Waals surface area contributed by atoms with Crippen molar-refractivity contribution >= 4 is 50.2 Å². The van der Waals surface area contributed by atoms with Gasteiger partial charge in [-0.1, -0.05) is 12.1 Å². The van der Waals surface area contributed by atoms with Gasteiger partial charge < -0.3 is 10.6 Å². The molecular weight excluding hydrogens is 451 g/mol. The Morgan fingerprint density at radius 2 is 1.71 bits per heavy atom. The molecule has 1 atom stereocenters. The van der Waals surface area contributed by atoms with E-state index in [-0.39, 0.29) is 22.5 Å². The fraction of sp³-hybridized carbons (Fsp3) is 0.118. The van der Waals surface area contributed by atoms with Crippen LogP contribution >= 0.6 is 0 Å². The molecule has 2 aromatic carbocycles. The topological polar surface area (TPSA) is 155 Å². The predicted octanol–water partition coefficient (Wildman–Crippen LogP) is 2.69. The van der Waals surface area contributed by atoms with Crippen molar-refractivity contribution < 1.29 is 25.9 Å². The molecule has 0 spiro atoms. The highest BCUT2D eigenvalue weighted by atomic mass is 32.2. The summed E-state index contributed by atoms with van der Waals surface area (Å²) in [5.74, 6) is -0.319. The summed E-state index contributed by atoms with van der Waals surface area (Å²) in [6.07, 6.45) is 0.271. The first-order valence-corrected chi connectivity index (χ1v) is 11.4. The second-order valence-corrected chi connectivity index (χ2v) is 8.51. The van der Waals surface area contributed by atoms with Crippen LogP contribution in [0.2, 0.25) is 0 Å². The molecule has 0 bridgehead atoms. The molecule has 0 saturated heterocycles. The standard InChI is InChI=1S/C17H17FN6O5S2/c1-10-6-7-13(31(26,27)28)9-14(10)20-17-22-15(18)21-16(23-17)19-11-4-3-5-12(8-11)24-29-30(2)25/h3-9,24H,1-2H3,(H,26,27,28)(H2,19,20,21,22,23). The monoisotopic (exact) mass is 468 g/mol. The second-order valence-electron chi connectivity index (χ2n) is 6.12. The summed E-state index contributed by atoms with van der Waals surface area (Å²) in [7, 11) is -4.42. The number of rotatable bonds is 8. The van der Waals surface area contributed by atoms with Crippen molar-refractivity contribution in [1.82, 2.24) is 15.0 Å². The molecule has 11 nitrogen and oxygen atoms in total. The van der Waals surface area contributed by atoms with Crippen LogP contribution in [0.1, 0.15) is 5.56 Å². The van der Waals surface area contributed by atoms with Gasteiger partial charge in [-0.2, -0.15) is 32.0 Å². The molecule has 14 heteroatoms. The van der Waals surface area contributed by atoms with Gasteiger partial charge in [0.15, 0.2) is 11.1 Å². The van der Waals surface area contributed by atoms with E-state index in [0.717, 1.165) is 0 Å². The lowest BCUT2D eigenvalue weighted by atomic mass is 10.2. The maximum atomic E-state index is 13.9. The summed E-state index contributed by atoms with van der Waals surface area (Å²) in [6, 6.07) is 10.4. The van der Waals surface area contributed by atoms with Crippen LogP contribution in [0.25, 0.3) is 0 Å². The molecular formula is C17H17FN6O5S2. The van der Waals surface area contributed by atoms with E-state index < -0.39 is 27.3 Å². The SMILES string of the molecule is Cc1ccc(S(=O)(=O)O)cc1Nc1nc(F)nc(Nc2cccc(NOS(C)=O)c2)n1. The average Bonchev–Trinajstić information content (AvgIpc) is 2.67. The Balaban J connectivity index is 1.83. The van der Waals surface area contributed by atoms with E-state index in [9.17, 15) is 21.6 Å². The molecule has 0 amide bonds. The Morgan fingerprint density at radius 3 is 2.39 bits per heavy atom. The second kappa shape index (κ2) is 9.30. The Hall–Kier alpha value is -3.20. The van der Waals surface area contributed by atoms with Crippen LogP contribution in [-0.4, -0.2) is 38.4 Å². The van der Waals surface area contributed by atoms with Gasteiger partial charge in [-0.05, 0) is 42.8 Å². The molecule has 31 heavy (non-hydrogen) atoms. The third-order valence-corrected chi connectivity index (χ3v) is 4.92. The zero-order chi connectivity index (χ0) is 22.6. The Kier molecular flexibility index (Phi) is 6.74. The summed E-state index contributed by atoms with van der Waals surface area (Å²) in [6.45, 7) is 1.68. The molecule has 1 aromatic heterocycles. The number of nitrogens with zero attached hydrogens (tertiary/aromatic N) is 3. The van der Waals surface area contributed by atoms with Crippen LogP contribution in [0.3, 0.4) is 0 Å². The molecule has 0 aliphatic heterocycles. The highest BCUT2D eigenvalue weighted by Crippen LogP contribution is 2.24. The summed E-state index contributed by atoms with van der Waals surface area (Å²) in [4.78, 5) is 10.9. The van der Waals surface area contributed by atoms with Gasteiger partial charge in [0.1, 0.15) is 0 Å². The van der Waals surface area contributed by atoms with Crippen molar-refractivity contribution in [3.8, 4) is 0 Å².